The van der Waals surface area contributed by atoms with Crippen molar-refractivity contribution in [1.29, 1.82) is 0 Å². The van der Waals surface area contributed by atoms with Gasteiger partial charge in [0.05, 0.1) is 11.0 Å². The van der Waals surface area contributed by atoms with Gasteiger partial charge in [0.25, 0.3) is 0 Å². The first-order chi connectivity index (χ1) is 15.8. The molecule has 0 spiro atoms. The highest BCUT2D eigenvalue weighted by Crippen LogP contribution is 2.41. The lowest BCUT2D eigenvalue weighted by Crippen LogP contribution is -1.93. The van der Waals surface area contributed by atoms with E-state index in [-0.39, 0.29) is 0 Å². The van der Waals surface area contributed by atoms with E-state index < -0.39 is 0 Å². The van der Waals surface area contributed by atoms with Gasteiger partial charge in [-0.1, -0.05) is 96.5 Å². The Balaban J connectivity index is 1.71. The topological polar surface area (TPSA) is 4.93 Å². The zero-order valence-electron chi connectivity index (χ0n) is 17.4. The molecule has 6 rings (SSSR count). The van der Waals surface area contributed by atoms with Crippen LogP contribution in [0.3, 0.4) is 0 Å². The Morgan fingerprint density at radius 1 is 0.500 bits per heavy atom. The molecule has 0 N–H and O–H groups in total. The van der Waals surface area contributed by atoms with Crippen LogP contribution >= 0.6 is 11.6 Å². The number of hydrogen-bond donors (Lipinski definition) is 0. The summed E-state index contributed by atoms with van der Waals surface area (Å²) in [5.74, 6) is 0. The Hall–Kier alpha value is -3.81. The second-order valence-corrected chi connectivity index (χ2v) is 8.38. The third-order valence-electron chi connectivity index (χ3n) is 6.06. The first kappa shape index (κ1) is 18.9. The highest BCUT2D eigenvalue weighted by Gasteiger charge is 2.17. The molecule has 2 heteroatoms. The SMILES string of the molecule is Clc1cccc(-c2ccccc2-c2cccc3c2c2ccccc2n3-c2ccccc2)c1. The molecule has 1 nitrogen and oxygen atoms in total. The van der Waals surface area contributed by atoms with E-state index in [1.165, 1.54) is 44.2 Å². The molecular formula is C30H20ClN. The van der Waals surface area contributed by atoms with E-state index in [0.29, 0.717) is 0 Å². The summed E-state index contributed by atoms with van der Waals surface area (Å²) in [4.78, 5) is 0. The Kier molecular flexibility index (Phi) is 4.56. The molecule has 0 bridgehead atoms. The van der Waals surface area contributed by atoms with Gasteiger partial charge in [-0.2, -0.15) is 0 Å². The van der Waals surface area contributed by atoms with E-state index in [4.69, 9.17) is 11.6 Å². The zero-order chi connectivity index (χ0) is 21.5. The fraction of sp³-hybridized carbons (Fsp3) is 0. The summed E-state index contributed by atoms with van der Waals surface area (Å²) >= 11 is 6.33. The summed E-state index contributed by atoms with van der Waals surface area (Å²) in [7, 11) is 0. The minimum Gasteiger partial charge on any atom is -0.309 e. The molecule has 0 saturated heterocycles. The highest BCUT2D eigenvalue weighted by atomic mass is 35.5. The van der Waals surface area contributed by atoms with Gasteiger partial charge in [-0.25, -0.2) is 0 Å². The van der Waals surface area contributed by atoms with Gasteiger partial charge in [-0.15, -0.1) is 0 Å². The van der Waals surface area contributed by atoms with Crippen LogP contribution < -0.4 is 0 Å². The van der Waals surface area contributed by atoms with Crippen molar-refractivity contribution in [3.8, 4) is 27.9 Å². The Bertz CT molecular complexity index is 1580. The summed E-state index contributed by atoms with van der Waals surface area (Å²) in [5, 5.41) is 3.26. The van der Waals surface area contributed by atoms with Gasteiger partial charge in [-0.05, 0) is 58.7 Å². The van der Waals surface area contributed by atoms with Crippen molar-refractivity contribution in [3.63, 3.8) is 0 Å². The fourth-order valence-electron chi connectivity index (χ4n) is 4.72. The molecule has 0 unspecified atom stereocenters. The van der Waals surface area contributed by atoms with Crippen molar-refractivity contribution in [2.75, 3.05) is 0 Å². The van der Waals surface area contributed by atoms with Gasteiger partial charge in [0.1, 0.15) is 0 Å². The maximum Gasteiger partial charge on any atom is 0.0547 e. The summed E-state index contributed by atoms with van der Waals surface area (Å²) in [5.41, 5.74) is 8.31. The van der Waals surface area contributed by atoms with Crippen LogP contribution in [0.15, 0.2) is 121 Å². The van der Waals surface area contributed by atoms with Crippen molar-refractivity contribution in [3.05, 3.63) is 126 Å². The third kappa shape index (κ3) is 3.02. The maximum atomic E-state index is 6.33. The molecule has 6 aromatic rings. The van der Waals surface area contributed by atoms with Gasteiger partial charge in [-0.3, -0.25) is 0 Å². The van der Waals surface area contributed by atoms with Gasteiger partial charge in [0.2, 0.25) is 0 Å². The summed E-state index contributed by atoms with van der Waals surface area (Å²) in [6, 6.07) is 42.5. The molecule has 0 fully saturated rings. The number of halogens is 1. The number of fused-ring (bicyclic) bond motifs is 3. The number of benzene rings is 5. The average molecular weight is 430 g/mol. The number of nitrogens with zero attached hydrogens (tertiary/aromatic N) is 1. The fourth-order valence-corrected chi connectivity index (χ4v) is 4.92. The molecule has 0 aliphatic heterocycles. The van der Waals surface area contributed by atoms with Crippen LogP contribution in [-0.4, -0.2) is 4.57 Å². The van der Waals surface area contributed by atoms with Crippen LogP contribution in [0.2, 0.25) is 5.02 Å². The second-order valence-electron chi connectivity index (χ2n) is 7.94. The Morgan fingerprint density at radius 2 is 1.16 bits per heavy atom. The highest BCUT2D eigenvalue weighted by molar-refractivity contribution is 6.31. The molecule has 0 atom stereocenters. The lowest BCUT2D eigenvalue weighted by Gasteiger charge is -2.13. The van der Waals surface area contributed by atoms with Gasteiger partial charge in [0.15, 0.2) is 0 Å². The van der Waals surface area contributed by atoms with Crippen molar-refractivity contribution < 1.29 is 0 Å². The van der Waals surface area contributed by atoms with E-state index in [0.717, 1.165) is 10.6 Å². The molecule has 5 aromatic carbocycles. The summed E-state index contributed by atoms with van der Waals surface area (Å²) < 4.78 is 2.36. The van der Waals surface area contributed by atoms with Crippen LogP contribution in [0.4, 0.5) is 0 Å². The predicted molar refractivity (Wildman–Crippen MR) is 137 cm³/mol. The van der Waals surface area contributed by atoms with E-state index in [9.17, 15) is 0 Å². The quantitative estimate of drug-likeness (QED) is 0.265. The lowest BCUT2D eigenvalue weighted by molar-refractivity contribution is 1.18. The average Bonchev–Trinajstić information content (AvgIpc) is 3.19. The molecule has 0 saturated carbocycles. The molecule has 152 valence electrons. The minimum atomic E-state index is 0.746. The normalized spacial score (nSPS) is 11.3. The van der Waals surface area contributed by atoms with Crippen molar-refractivity contribution in [1.82, 2.24) is 4.57 Å². The largest absolute Gasteiger partial charge is 0.309 e. The predicted octanol–water partition coefficient (Wildman–Crippen LogP) is 8.77. The van der Waals surface area contributed by atoms with Crippen LogP contribution in [0.25, 0.3) is 49.7 Å². The monoisotopic (exact) mass is 429 g/mol. The van der Waals surface area contributed by atoms with Crippen molar-refractivity contribution in [2.24, 2.45) is 0 Å². The second kappa shape index (κ2) is 7.71. The van der Waals surface area contributed by atoms with Crippen LogP contribution in [0.5, 0.6) is 0 Å². The molecule has 0 aliphatic rings. The zero-order valence-corrected chi connectivity index (χ0v) is 18.1. The van der Waals surface area contributed by atoms with Crippen LogP contribution in [0.1, 0.15) is 0 Å². The lowest BCUT2D eigenvalue weighted by atomic mass is 9.92. The van der Waals surface area contributed by atoms with Crippen molar-refractivity contribution in [2.45, 2.75) is 0 Å². The molecule has 0 radical (unpaired) electrons. The first-order valence-electron chi connectivity index (χ1n) is 10.7. The minimum absolute atomic E-state index is 0.746. The smallest absolute Gasteiger partial charge is 0.0547 e. The molecule has 1 aromatic heterocycles. The number of hydrogen-bond acceptors (Lipinski definition) is 0. The summed E-state index contributed by atoms with van der Waals surface area (Å²) in [6.45, 7) is 0. The van der Waals surface area contributed by atoms with Gasteiger partial charge in [0, 0.05) is 21.5 Å². The number of rotatable bonds is 3. The maximum absolute atomic E-state index is 6.33. The Labute approximate surface area is 192 Å². The van der Waals surface area contributed by atoms with E-state index in [1.54, 1.807) is 0 Å². The van der Waals surface area contributed by atoms with Gasteiger partial charge >= 0.3 is 0 Å². The number of aromatic nitrogens is 1. The van der Waals surface area contributed by atoms with Gasteiger partial charge < -0.3 is 4.57 Å². The van der Waals surface area contributed by atoms with E-state index >= 15 is 0 Å². The molecule has 0 amide bonds. The number of para-hydroxylation sites is 2. The Morgan fingerprint density at radius 3 is 2.00 bits per heavy atom. The van der Waals surface area contributed by atoms with E-state index in [1.807, 2.05) is 18.2 Å². The van der Waals surface area contributed by atoms with Crippen LogP contribution in [-0.2, 0) is 0 Å². The first-order valence-corrected chi connectivity index (χ1v) is 11.1. The standard InChI is InChI=1S/C30H20ClN/c31-22-11-8-10-21(20-22)24-14-4-5-15-25(24)26-17-9-19-29-30(26)27-16-6-7-18-28(27)32(29)23-12-2-1-3-13-23/h1-20H. The third-order valence-corrected chi connectivity index (χ3v) is 6.30. The molecule has 32 heavy (non-hydrogen) atoms. The van der Waals surface area contributed by atoms with Crippen molar-refractivity contribution >= 4 is 33.4 Å². The summed E-state index contributed by atoms with van der Waals surface area (Å²) in [6.07, 6.45) is 0. The molecule has 0 aliphatic carbocycles. The molecular weight excluding hydrogens is 410 g/mol. The van der Waals surface area contributed by atoms with E-state index in [2.05, 4.69) is 108 Å². The molecule has 1 heterocycles. The van der Waals surface area contributed by atoms with Crippen LogP contribution in [0, 0.1) is 0 Å².